The number of phenols is 1. The Morgan fingerprint density at radius 2 is 2.12 bits per heavy atom. The second-order valence-corrected chi connectivity index (χ2v) is 6.51. The first-order valence-electron chi connectivity index (χ1n) is 6.02. The first kappa shape index (κ1) is 13.2. The Bertz CT molecular complexity index is 366. The average molecular weight is 316 g/mol. The van der Waals surface area contributed by atoms with Gasteiger partial charge in [0, 0.05) is 12.1 Å². The monoisotopic (exact) mass is 315 g/mol. The standard InChI is InChI=1S/C13H18BrNOS/c14-12-3-1-2-11(13(12)16)9-15-8-10-4-6-17-7-5-10/h1-3,10,15-16H,4-9H2. The molecule has 0 aromatic heterocycles. The minimum atomic E-state index is 0.360. The molecular formula is C13H18BrNOS. The molecule has 1 saturated heterocycles. The van der Waals surface area contributed by atoms with Gasteiger partial charge in [-0.05, 0) is 58.8 Å². The lowest BCUT2D eigenvalue weighted by atomic mass is 10.0. The molecule has 0 unspecified atom stereocenters. The smallest absolute Gasteiger partial charge is 0.134 e. The molecule has 0 spiro atoms. The first-order chi connectivity index (χ1) is 8.27. The van der Waals surface area contributed by atoms with E-state index in [0.29, 0.717) is 5.75 Å². The van der Waals surface area contributed by atoms with Crippen molar-refractivity contribution in [2.45, 2.75) is 19.4 Å². The number of thioether (sulfide) groups is 1. The third kappa shape index (κ3) is 3.90. The molecule has 0 aliphatic carbocycles. The Labute approximate surface area is 115 Å². The highest BCUT2D eigenvalue weighted by molar-refractivity contribution is 9.10. The fourth-order valence-electron chi connectivity index (χ4n) is 2.06. The highest BCUT2D eigenvalue weighted by Gasteiger charge is 2.13. The van der Waals surface area contributed by atoms with Gasteiger partial charge in [-0.2, -0.15) is 11.8 Å². The van der Waals surface area contributed by atoms with E-state index in [-0.39, 0.29) is 0 Å². The number of hydrogen-bond acceptors (Lipinski definition) is 3. The van der Waals surface area contributed by atoms with Gasteiger partial charge in [0.05, 0.1) is 4.47 Å². The largest absolute Gasteiger partial charge is 0.506 e. The van der Waals surface area contributed by atoms with E-state index in [2.05, 4.69) is 33.0 Å². The van der Waals surface area contributed by atoms with Gasteiger partial charge in [0.2, 0.25) is 0 Å². The Hall–Kier alpha value is -0.190. The van der Waals surface area contributed by atoms with Crippen LogP contribution in [0.3, 0.4) is 0 Å². The van der Waals surface area contributed by atoms with E-state index in [1.807, 2.05) is 18.2 Å². The van der Waals surface area contributed by atoms with Gasteiger partial charge in [-0.15, -0.1) is 0 Å². The summed E-state index contributed by atoms with van der Waals surface area (Å²) in [5, 5.41) is 13.3. The first-order valence-corrected chi connectivity index (χ1v) is 7.97. The minimum absolute atomic E-state index is 0.360. The summed E-state index contributed by atoms with van der Waals surface area (Å²) in [4.78, 5) is 0. The molecule has 0 bridgehead atoms. The highest BCUT2D eigenvalue weighted by atomic mass is 79.9. The van der Waals surface area contributed by atoms with Crippen molar-refractivity contribution >= 4 is 27.7 Å². The van der Waals surface area contributed by atoms with Gasteiger partial charge in [0.25, 0.3) is 0 Å². The van der Waals surface area contributed by atoms with Crippen LogP contribution in [0.1, 0.15) is 18.4 Å². The van der Waals surface area contributed by atoms with E-state index >= 15 is 0 Å². The fourth-order valence-corrected chi connectivity index (χ4v) is 3.68. The van der Waals surface area contributed by atoms with Crippen LogP contribution in [0.15, 0.2) is 22.7 Å². The van der Waals surface area contributed by atoms with E-state index in [4.69, 9.17) is 0 Å². The number of aromatic hydroxyl groups is 1. The van der Waals surface area contributed by atoms with Crippen LogP contribution >= 0.6 is 27.7 Å². The summed E-state index contributed by atoms with van der Waals surface area (Å²) in [7, 11) is 0. The molecule has 0 atom stereocenters. The fraction of sp³-hybridized carbons (Fsp3) is 0.538. The molecule has 4 heteroatoms. The normalized spacial score (nSPS) is 17.2. The van der Waals surface area contributed by atoms with E-state index in [1.165, 1.54) is 24.3 Å². The molecule has 1 aliphatic heterocycles. The van der Waals surface area contributed by atoms with Crippen molar-refractivity contribution < 1.29 is 5.11 Å². The van der Waals surface area contributed by atoms with Crippen molar-refractivity contribution in [3.63, 3.8) is 0 Å². The number of benzene rings is 1. The van der Waals surface area contributed by atoms with Crippen molar-refractivity contribution in [3.05, 3.63) is 28.2 Å². The van der Waals surface area contributed by atoms with Crippen LogP contribution in [-0.4, -0.2) is 23.2 Å². The van der Waals surface area contributed by atoms with Crippen molar-refractivity contribution in [3.8, 4) is 5.75 Å². The summed E-state index contributed by atoms with van der Waals surface area (Å²) in [6.07, 6.45) is 2.64. The molecule has 2 N–H and O–H groups in total. The SMILES string of the molecule is Oc1c(Br)cccc1CNCC1CCSCC1. The predicted octanol–water partition coefficient (Wildman–Crippen LogP) is 3.39. The molecule has 1 fully saturated rings. The van der Waals surface area contributed by atoms with E-state index in [1.54, 1.807) is 0 Å². The number of hydrogen-bond donors (Lipinski definition) is 2. The molecule has 0 amide bonds. The summed E-state index contributed by atoms with van der Waals surface area (Å²) < 4.78 is 0.769. The van der Waals surface area contributed by atoms with Gasteiger partial charge >= 0.3 is 0 Å². The van der Waals surface area contributed by atoms with Crippen LogP contribution in [0, 0.1) is 5.92 Å². The quantitative estimate of drug-likeness (QED) is 0.893. The van der Waals surface area contributed by atoms with Crippen LogP contribution in [0.5, 0.6) is 5.75 Å². The minimum Gasteiger partial charge on any atom is -0.506 e. The zero-order valence-corrected chi connectivity index (χ0v) is 12.2. The van der Waals surface area contributed by atoms with Crippen LogP contribution < -0.4 is 5.32 Å². The molecule has 1 heterocycles. The maximum atomic E-state index is 9.84. The topological polar surface area (TPSA) is 32.3 Å². The molecule has 17 heavy (non-hydrogen) atoms. The molecule has 1 aromatic carbocycles. The number of para-hydroxylation sites is 1. The molecular weight excluding hydrogens is 298 g/mol. The molecule has 1 aromatic rings. The number of nitrogens with one attached hydrogen (secondary N) is 1. The predicted molar refractivity (Wildman–Crippen MR) is 77.6 cm³/mol. The second kappa shape index (κ2) is 6.66. The molecule has 2 rings (SSSR count). The third-order valence-corrected chi connectivity index (χ3v) is 4.85. The molecule has 0 saturated carbocycles. The summed E-state index contributed by atoms with van der Waals surface area (Å²) in [5.74, 6) is 3.77. The average Bonchev–Trinajstić information content (AvgIpc) is 2.36. The van der Waals surface area contributed by atoms with Gasteiger partial charge in [0.1, 0.15) is 5.75 Å². The van der Waals surface area contributed by atoms with Gasteiger partial charge in [-0.1, -0.05) is 12.1 Å². The lowest BCUT2D eigenvalue weighted by Gasteiger charge is -2.21. The second-order valence-electron chi connectivity index (χ2n) is 4.43. The Morgan fingerprint density at radius 1 is 1.35 bits per heavy atom. The van der Waals surface area contributed by atoms with Gasteiger partial charge in [-0.25, -0.2) is 0 Å². The Kier molecular flexibility index (Phi) is 5.19. The van der Waals surface area contributed by atoms with Gasteiger partial charge in [-0.3, -0.25) is 0 Å². The van der Waals surface area contributed by atoms with E-state index in [0.717, 1.165) is 29.0 Å². The number of halogens is 1. The molecule has 1 aliphatic rings. The zero-order valence-electron chi connectivity index (χ0n) is 9.79. The Morgan fingerprint density at radius 3 is 2.88 bits per heavy atom. The van der Waals surface area contributed by atoms with E-state index < -0.39 is 0 Å². The third-order valence-electron chi connectivity index (χ3n) is 3.16. The maximum Gasteiger partial charge on any atom is 0.134 e. The number of phenolic OH excluding ortho intramolecular Hbond substituents is 1. The van der Waals surface area contributed by atoms with Crippen molar-refractivity contribution in [2.75, 3.05) is 18.1 Å². The molecule has 94 valence electrons. The lowest BCUT2D eigenvalue weighted by molar-refractivity contribution is 0.435. The number of rotatable bonds is 4. The summed E-state index contributed by atoms with van der Waals surface area (Å²) in [6.45, 7) is 1.81. The van der Waals surface area contributed by atoms with Crippen LogP contribution in [0.25, 0.3) is 0 Å². The van der Waals surface area contributed by atoms with Gasteiger partial charge in [0.15, 0.2) is 0 Å². The van der Waals surface area contributed by atoms with Gasteiger partial charge < -0.3 is 10.4 Å². The Balaban J connectivity index is 1.79. The van der Waals surface area contributed by atoms with Crippen molar-refractivity contribution in [1.29, 1.82) is 0 Å². The van der Waals surface area contributed by atoms with Crippen LogP contribution in [-0.2, 0) is 6.54 Å². The molecule has 0 radical (unpaired) electrons. The summed E-state index contributed by atoms with van der Waals surface area (Å²) in [5.41, 5.74) is 0.963. The van der Waals surface area contributed by atoms with Crippen LogP contribution in [0.4, 0.5) is 0 Å². The van der Waals surface area contributed by atoms with Crippen molar-refractivity contribution in [2.24, 2.45) is 5.92 Å². The van der Waals surface area contributed by atoms with E-state index in [9.17, 15) is 5.11 Å². The summed E-state index contributed by atoms with van der Waals surface area (Å²) >= 11 is 5.39. The summed E-state index contributed by atoms with van der Waals surface area (Å²) in [6, 6.07) is 5.78. The van der Waals surface area contributed by atoms with Crippen LogP contribution in [0.2, 0.25) is 0 Å². The maximum absolute atomic E-state index is 9.84. The highest BCUT2D eigenvalue weighted by Crippen LogP contribution is 2.27. The molecule has 2 nitrogen and oxygen atoms in total. The zero-order chi connectivity index (χ0) is 12.1. The van der Waals surface area contributed by atoms with Crippen molar-refractivity contribution in [1.82, 2.24) is 5.32 Å². The lowest BCUT2D eigenvalue weighted by Crippen LogP contribution is -2.25.